The van der Waals surface area contributed by atoms with Gasteiger partial charge in [0.05, 0.1) is 0 Å². The highest BCUT2D eigenvalue weighted by Gasteiger charge is 2.88. The molecule has 0 aliphatic heterocycles. The molecule has 34 heavy (non-hydrogen) atoms. The van der Waals surface area contributed by atoms with Gasteiger partial charge >= 0.3 is 35.1 Å². The smallest absolute Gasteiger partial charge is 0.402 e. The van der Waals surface area contributed by atoms with E-state index in [0.29, 0.717) is 0 Å². The van der Waals surface area contributed by atoms with E-state index >= 15 is 0 Å². The van der Waals surface area contributed by atoms with Crippen molar-refractivity contribution in [2.24, 2.45) is 0 Å². The lowest BCUT2D eigenvalue weighted by molar-refractivity contribution is -0.397. The normalized spacial score (nSPS) is 15.4. The number of H-pyrrole nitrogens is 1. The van der Waals surface area contributed by atoms with E-state index in [2.05, 4.69) is 4.98 Å². The molecule has 4 nitrogen and oxygen atoms in total. The second kappa shape index (κ2) is 10.4. The Kier molecular flexibility index (Phi) is 9.78. The number of aromatic nitrogens is 1. The zero-order valence-electron chi connectivity index (χ0n) is 16.0. The molecule has 1 heterocycles. The highest BCUT2D eigenvalue weighted by molar-refractivity contribution is 7.86. The van der Waals surface area contributed by atoms with Gasteiger partial charge in [0.2, 0.25) is 0 Å². The van der Waals surface area contributed by atoms with Gasteiger partial charge in [0.1, 0.15) is 0 Å². The summed E-state index contributed by atoms with van der Waals surface area (Å²) in [6.07, 6.45) is -12.1. The second-order valence-electron chi connectivity index (χ2n) is 6.37. The molecule has 0 aromatic carbocycles. The van der Waals surface area contributed by atoms with Crippen molar-refractivity contribution in [3.05, 3.63) is 30.6 Å². The lowest BCUT2D eigenvalue weighted by Gasteiger charge is -2.40. The Morgan fingerprint density at radius 1 is 0.735 bits per heavy atom. The number of nitrogens with one attached hydrogen (secondary N) is 1. The molecule has 0 fully saturated rings. The monoisotopic (exact) mass is 553 g/mol. The first kappa shape index (κ1) is 32.1. The van der Waals surface area contributed by atoms with Crippen LogP contribution in [0.2, 0.25) is 0 Å². The summed E-state index contributed by atoms with van der Waals surface area (Å²) in [5.41, 5.74) is 0. The lowest BCUT2D eigenvalue weighted by atomic mass is 9.93. The Morgan fingerprint density at radius 3 is 1.47 bits per heavy atom. The quantitative estimate of drug-likeness (QED) is 0.311. The third-order valence-corrected chi connectivity index (χ3v) is 4.69. The largest absolute Gasteiger partial charge is 0.743 e. The first-order valence-corrected chi connectivity index (χ1v) is 9.75. The third kappa shape index (κ3) is 6.60. The van der Waals surface area contributed by atoms with E-state index < -0.39 is 70.7 Å². The first-order chi connectivity index (χ1) is 14.9. The van der Waals surface area contributed by atoms with Gasteiger partial charge in [-0.05, 0) is 12.8 Å². The average Bonchev–Trinajstić information content (AvgIpc) is 2.67. The van der Waals surface area contributed by atoms with Crippen molar-refractivity contribution in [2.45, 2.75) is 60.6 Å². The van der Waals surface area contributed by atoms with Crippen LogP contribution in [0, 0.1) is 0 Å². The van der Waals surface area contributed by atoms with Crippen molar-refractivity contribution in [3.63, 3.8) is 0 Å². The SMILES string of the molecule is O=S(=O)([O-])C(F)(F)C(F)(F)C(F)(F)C(F)(F)C(F)(F)C(F)CCCC(F)(F)F.c1cc[nH+]cc1. The molecule has 1 N–H and O–H groups in total. The average molecular weight is 553 g/mol. The Morgan fingerprint density at radius 2 is 1.18 bits per heavy atom. The number of aromatic amines is 1. The maximum absolute atomic E-state index is 13.2. The van der Waals surface area contributed by atoms with Crippen LogP contribution in [0.5, 0.6) is 0 Å². The molecule has 1 unspecified atom stereocenters. The van der Waals surface area contributed by atoms with Gasteiger partial charge in [-0.25, -0.2) is 17.8 Å². The summed E-state index contributed by atoms with van der Waals surface area (Å²) in [5, 5.41) is -7.54. The van der Waals surface area contributed by atoms with Gasteiger partial charge < -0.3 is 4.55 Å². The zero-order valence-corrected chi connectivity index (χ0v) is 16.8. The molecular weight excluding hydrogens is 540 g/mol. The Hall–Kier alpha value is -1.92. The summed E-state index contributed by atoms with van der Waals surface area (Å²) in [6.45, 7) is 0. The molecule has 0 saturated heterocycles. The molecule has 0 spiro atoms. The fraction of sp³-hybridized carbons (Fsp3) is 0.667. The van der Waals surface area contributed by atoms with E-state index in [9.17, 15) is 74.4 Å². The standard InChI is InChI=1S/C10H8F14O3S.C5H5N/c11-4(2-1-3-5(12,13)14)6(15,16)7(17,18)8(19,20)9(21,22)10(23,24)28(25,26)27;1-2-4-6-5-3-1/h4H,1-3H2,(H,25,26,27);1-5H. The summed E-state index contributed by atoms with van der Waals surface area (Å²) < 4.78 is 209. The molecule has 0 radical (unpaired) electrons. The van der Waals surface area contributed by atoms with Crippen LogP contribution in [0.15, 0.2) is 30.6 Å². The Bertz CT molecular complexity index is 847. The van der Waals surface area contributed by atoms with Crippen LogP contribution >= 0.6 is 0 Å². The summed E-state index contributed by atoms with van der Waals surface area (Å²) >= 11 is 0. The zero-order chi connectivity index (χ0) is 27.4. The number of rotatable bonds is 9. The molecule has 200 valence electrons. The topological polar surface area (TPSA) is 71.3 Å². The molecule has 0 aliphatic rings. The van der Waals surface area contributed by atoms with Crippen LogP contribution in [0.1, 0.15) is 19.3 Å². The maximum atomic E-state index is 13.2. The molecule has 0 amide bonds. The van der Waals surface area contributed by atoms with E-state index in [1.807, 2.05) is 30.6 Å². The highest BCUT2D eigenvalue weighted by atomic mass is 32.2. The minimum Gasteiger partial charge on any atom is -0.743 e. The van der Waals surface area contributed by atoms with Crippen LogP contribution in [0.3, 0.4) is 0 Å². The van der Waals surface area contributed by atoms with E-state index in [0.717, 1.165) is 0 Å². The fourth-order valence-corrected chi connectivity index (χ4v) is 2.39. The molecule has 0 bridgehead atoms. The van der Waals surface area contributed by atoms with Crippen LogP contribution < -0.4 is 4.98 Å². The van der Waals surface area contributed by atoms with Crippen LogP contribution in [-0.4, -0.2) is 54.3 Å². The van der Waals surface area contributed by atoms with Crippen molar-refractivity contribution in [1.82, 2.24) is 0 Å². The summed E-state index contributed by atoms with van der Waals surface area (Å²) in [7, 11) is -7.81. The van der Waals surface area contributed by atoms with Gasteiger partial charge in [-0.3, -0.25) is 0 Å². The van der Waals surface area contributed by atoms with Crippen molar-refractivity contribution in [1.29, 1.82) is 0 Å². The lowest BCUT2D eigenvalue weighted by Crippen LogP contribution is -2.70. The molecule has 1 aromatic heterocycles. The van der Waals surface area contributed by atoms with Gasteiger partial charge in [0.15, 0.2) is 28.7 Å². The van der Waals surface area contributed by atoms with Gasteiger partial charge in [-0.2, -0.15) is 57.1 Å². The van der Waals surface area contributed by atoms with Crippen LogP contribution in [0.4, 0.5) is 61.5 Å². The fourth-order valence-electron chi connectivity index (χ4n) is 1.95. The number of halogens is 14. The molecule has 1 rings (SSSR count). The van der Waals surface area contributed by atoms with E-state index in [4.69, 9.17) is 0 Å². The second-order valence-corrected chi connectivity index (χ2v) is 7.79. The Labute approximate surface area is 181 Å². The first-order valence-electron chi connectivity index (χ1n) is 8.34. The van der Waals surface area contributed by atoms with Gasteiger partial charge in [-0.1, -0.05) is 6.07 Å². The molecule has 0 saturated carbocycles. The minimum atomic E-state index is -8.03. The summed E-state index contributed by atoms with van der Waals surface area (Å²) in [4.78, 5) is 2.89. The van der Waals surface area contributed by atoms with Crippen LogP contribution in [-0.2, 0) is 10.1 Å². The van der Waals surface area contributed by atoms with E-state index in [1.165, 1.54) is 0 Å². The van der Waals surface area contributed by atoms with Crippen molar-refractivity contribution >= 4 is 10.1 Å². The maximum Gasteiger partial charge on any atom is 0.402 e. The summed E-state index contributed by atoms with van der Waals surface area (Å²) in [5.74, 6) is -30.7. The molecule has 1 atom stereocenters. The highest BCUT2D eigenvalue weighted by Crippen LogP contribution is 2.59. The predicted molar refractivity (Wildman–Crippen MR) is 82.2 cm³/mol. The number of hydrogen-bond acceptors (Lipinski definition) is 3. The van der Waals surface area contributed by atoms with Crippen molar-refractivity contribution in [2.75, 3.05) is 0 Å². The number of hydrogen-bond donors (Lipinski definition) is 0. The number of pyridine rings is 1. The van der Waals surface area contributed by atoms with E-state index in [1.54, 1.807) is 0 Å². The van der Waals surface area contributed by atoms with Gasteiger partial charge in [0, 0.05) is 18.6 Å². The van der Waals surface area contributed by atoms with Gasteiger partial charge in [-0.15, -0.1) is 0 Å². The minimum absolute atomic E-state index is 1.70. The number of alkyl halides is 14. The van der Waals surface area contributed by atoms with Gasteiger partial charge in [0.25, 0.3) is 0 Å². The van der Waals surface area contributed by atoms with Crippen LogP contribution in [0.25, 0.3) is 0 Å². The molecular formula is C15H13F14NO3S. The van der Waals surface area contributed by atoms with E-state index in [-0.39, 0.29) is 0 Å². The Balaban J connectivity index is 0.00000156. The molecule has 1 aromatic rings. The molecule has 0 aliphatic carbocycles. The molecule has 19 heteroatoms. The predicted octanol–water partition coefficient (Wildman–Crippen LogP) is 5.24. The summed E-state index contributed by atoms with van der Waals surface area (Å²) in [6, 6.07) is 5.86. The van der Waals surface area contributed by atoms with Crippen molar-refractivity contribution < 1.29 is 79.4 Å². The third-order valence-electron chi connectivity index (χ3n) is 3.81. The van der Waals surface area contributed by atoms with Crippen molar-refractivity contribution in [3.8, 4) is 0 Å².